The Bertz CT molecular complexity index is 846. The fourth-order valence-corrected chi connectivity index (χ4v) is 3.49. The van der Waals surface area contributed by atoms with Crippen molar-refractivity contribution in [1.29, 1.82) is 0 Å². The number of amides is 2. The van der Waals surface area contributed by atoms with E-state index in [4.69, 9.17) is 9.26 Å². The summed E-state index contributed by atoms with van der Waals surface area (Å²) in [5.41, 5.74) is 3.30. The highest BCUT2D eigenvalue weighted by atomic mass is 16.5. The second-order valence-corrected chi connectivity index (χ2v) is 7.19. The minimum Gasteiger partial charge on any atom is -0.383 e. The number of carbonyl (C=O) groups is 2. The Morgan fingerprint density at radius 1 is 1.29 bits per heavy atom. The molecule has 1 unspecified atom stereocenters. The highest BCUT2D eigenvalue weighted by molar-refractivity contribution is 5.97. The molecule has 0 bridgehead atoms. The summed E-state index contributed by atoms with van der Waals surface area (Å²) in [7, 11) is 1.58. The van der Waals surface area contributed by atoms with Crippen LogP contribution in [0.5, 0.6) is 0 Å². The molecule has 0 radical (unpaired) electrons. The van der Waals surface area contributed by atoms with Crippen LogP contribution in [0, 0.1) is 13.8 Å². The van der Waals surface area contributed by atoms with E-state index in [1.54, 1.807) is 18.1 Å². The van der Waals surface area contributed by atoms with E-state index in [9.17, 15) is 9.59 Å². The van der Waals surface area contributed by atoms with Crippen LogP contribution >= 0.6 is 0 Å². The summed E-state index contributed by atoms with van der Waals surface area (Å²) in [5.74, 6) is 0.137. The van der Waals surface area contributed by atoms with Gasteiger partial charge in [-0.05, 0) is 44.7 Å². The number of carbonyl (C=O) groups excluding carboxylic acids is 2. The molecule has 150 valence electrons. The smallest absolute Gasteiger partial charge is 0.276 e. The first-order valence-electron chi connectivity index (χ1n) is 9.63. The van der Waals surface area contributed by atoms with Crippen molar-refractivity contribution in [3.63, 3.8) is 0 Å². The number of methoxy groups -OCH3 is 1. The molecule has 3 rings (SSSR count). The Kier molecular flexibility index (Phi) is 6.46. The van der Waals surface area contributed by atoms with Gasteiger partial charge >= 0.3 is 0 Å². The third-order valence-corrected chi connectivity index (χ3v) is 5.06. The molecule has 1 aliphatic rings. The Morgan fingerprint density at radius 2 is 2.11 bits per heavy atom. The van der Waals surface area contributed by atoms with E-state index >= 15 is 0 Å². The fraction of sp³-hybridized carbons (Fsp3) is 0.476. The van der Waals surface area contributed by atoms with Gasteiger partial charge in [0.2, 0.25) is 5.91 Å². The van der Waals surface area contributed by atoms with E-state index in [0.717, 1.165) is 29.5 Å². The van der Waals surface area contributed by atoms with Crippen LogP contribution in [0.4, 0.5) is 0 Å². The maximum Gasteiger partial charge on any atom is 0.276 e. The van der Waals surface area contributed by atoms with Crippen molar-refractivity contribution in [1.82, 2.24) is 15.4 Å². The Morgan fingerprint density at radius 3 is 2.89 bits per heavy atom. The summed E-state index contributed by atoms with van der Waals surface area (Å²) >= 11 is 0. The molecule has 28 heavy (non-hydrogen) atoms. The topological polar surface area (TPSA) is 84.7 Å². The molecule has 7 nitrogen and oxygen atoms in total. The van der Waals surface area contributed by atoms with Crippen LogP contribution in [0.25, 0.3) is 11.3 Å². The average Bonchev–Trinajstić information content (AvgIpc) is 3.19. The Hall–Kier alpha value is -2.67. The SMILES string of the molecule is COCCNC(=O)C1CCCCN1C(=O)c1cc(-c2cc(C)ccc2C)on1. The van der Waals surface area contributed by atoms with Crippen molar-refractivity contribution in [3.05, 3.63) is 41.1 Å². The van der Waals surface area contributed by atoms with E-state index in [1.165, 1.54) is 0 Å². The number of rotatable bonds is 6. The lowest BCUT2D eigenvalue weighted by molar-refractivity contribution is -0.126. The number of nitrogens with zero attached hydrogens (tertiary/aromatic N) is 2. The minimum absolute atomic E-state index is 0.150. The summed E-state index contributed by atoms with van der Waals surface area (Å²) in [5, 5.41) is 6.82. The van der Waals surface area contributed by atoms with Gasteiger partial charge in [-0.15, -0.1) is 0 Å². The molecule has 1 aromatic carbocycles. The van der Waals surface area contributed by atoms with Crippen LogP contribution in [0.15, 0.2) is 28.8 Å². The van der Waals surface area contributed by atoms with E-state index in [2.05, 4.69) is 10.5 Å². The number of piperidine rings is 1. The fourth-order valence-electron chi connectivity index (χ4n) is 3.49. The van der Waals surface area contributed by atoms with E-state index < -0.39 is 6.04 Å². The van der Waals surface area contributed by atoms with Gasteiger partial charge < -0.3 is 19.5 Å². The largest absolute Gasteiger partial charge is 0.383 e. The highest BCUT2D eigenvalue weighted by Gasteiger charge is 2.33. The van der Waals surface area contributed by atoms with Gasteiger partial charge in [0.15, 0.2) is 11.5 Å². The number of benzene rings is 1. The van der Waals surface area contributed by atoms with Crippen molar-refractivity contribution in [2.24, 2.45) is 0 Å². The number of likely N-dealkylation sites (tertiary alicyclic amines) is 1. The third-order valence-electron chi connectivity index (χ3n) is 5.06. The highest BCUT2D eigenvalue weighted by Crippen LogP contribution is 2.27. The monoisotopic (exact) mass is 385 g/mol. The molecule has 1 aliphatic heterocycles. The first-order valence-corrected chi connectivity index (χ1v) is 9.63. The molecule has 0 saturated carbocycles. The molecule has 1 saturated heterocycles. The second kappa shape index (κ2) is 9.01. The van der Waals surface area contributed by atoms with Gasteiger partial charge in [-0.3, -0.25) is 9.59 Å². The normalized spacial score (nSPS) is 16.8. The number of ether oxygens (including phenoxy) is 1. The summed E-state index contributed by atoms with van der Waals surface area (Å²) in [6, 6.07) is 7.23. The number of nitrogens with one attached hydrogen (secondary N) is 1. The summed E-state index contributed by atoms with van der Waals surface area (Å²) < 4.78 is 10.4. The van der Waals surface area contributed by atoms with Crippen molar-refractivity contribution in [3.8, 4) is 11.3 Å². The van der Waals surface area contributed by atoms with Crippen LogP contribution in [0.2, 0.25) is 0 Å². The number of aromatic nitrogens is 1. The Balaban J connectivity index is 1.77. The first kappa shape index (κ1) is 20.1. The number of hydrogen-bond acceptors (Lipinski definition) is 5. The predicted octanol–water partition coefficient (Wildman–Crippen LogP) is 2.72. The summed E-state index contributed by atoms with van der Waals surface area (Å²) in [6.07, 6.45) is 2.43. The van der Waals surface area contributed by atoms with Crippen molar-refractivity contribution < 1.29 is 18.8 Å². The van der Waals surface area contributed by atoms with Crippen molar-refractivity contribution >= 4 is 11.8 Å². The lowest BCUT2D eigenvalue weighted by atomic mass is 10.0. The van der Waals surface area contributed by atoms with Gasteiger partial charge in [-0.25, -0.2) is 0 Å². The van der Waals surface area contributed by atoms with Crippen LogP contribution < -0.4 is 5.32 Å². The molecule has 1 N–H and O–H groups in total. The quantitative estimate of drug-likeness (QED) is 0.773. The molecule has 0 spiro atoms. The predicted molar refractivity (Wildman–Crippen MR) is 105 cm³/mol. The maximum atomic E-state index is 13.0. The van der Waals surface area contributed by atoms with Gasteiger partial charge in [-0.2, -0.15) is 0 Å². The van der Waals surface area contributed by atoms with Gasteiger partial charge in [0.1, 0.15) is 6.04 Å². The molecule has 2 heterocycles. The zero-order chi connectivity index (χ0) is 20.1. The molecule has 1 atom stereocenters. The zero-order valence-electron chi connectivity index (χ0n) is 16.7. The van der Waals surface area contributed by atoms with Crippen LogP contribution in [-0.4, -0.2) is 54.7 Å². The van der Waals surface area contributed by atoms with E-state index in [-0.39, 0.29) is 17.5 Å². The van der Waals surface area contributed by atoms with E-state index in [0.29, 0.717) is 31.9 Å². The standard InChI is InChI=1S/C21H27N3O4/c1-14-7-8-15(2)16(12-14)19-13-17(23-28-19)21(26)24-10-5-4-6-18(24)20(25)22-9-11-27-3/h7-8,12-13,18H,4-6,9-11H2,1-3H3,(H,22,25). The van der Waals surface area contributed by atoms with Crippen LogP contribution in [0.1, 0.15) is 40.9 Å². The molecule has 1 aromatic heterocycles. The average molecular weight is 385 g/mol. The molecule has 2 aromatic rings. The van der Waals surface area contributed by atoms with Crippen LogP contribution in [0.3, 0.4) is 0 Å². The molecular weight excluding hydrogens is 358 g/mol. The van der Waals surface area contributed by atoms with Gasteiger partial charge in [0, 0.05) is 31.8 Å². The first-order chi connectivity index (χ1) is 13.5. The summed E-state index contributed by atoms with van der Waals surface area (Å²) in [4.78, 5) is 27.2. The van der Waals surface area contributed by atoms with Crippen molar-refractivity contribution in [2.45, 2.75) is 39.2 Å². The molecule has 2 amide bonds. The zero-order valence-corrected chi connectivity index (χ0v) is 16.7. The van der Waals surface area contributed by atoms with Crippen molar-refractivity contribution in [2.75, 3.05) is 26.8 Å². The lowest BCUT2D eigenvalue weighted by Gasteiger charge is -2.34. The van der Waals surface area contributed by atoms with Gasteiger partial charge in [0.25, 0.3) is 5.91 Å². The van der Waals surface area contributed by atoms with Gasteiger partial charge in [-0.1, -0.05) is 22.9 Å². The molecule has 7 heteroatoms. The third kappa shape index (κ3) is 4.42. The Labute approximate surface area is 165 Å². The van der Waals surface area contributed by atoms with E-state index in [1.807, 2.05) is 32.0 Å². The van der Waals surface area contributed by atoms with Crippen LogP contribution in [-0.2, 0) is 9.53 Å². The molecule has 1 fully saturated rings. The lowest BCUT2D eigenvalue weighted by Crippen LogP contribution is -2.52. The summed E-state index contributed by atoms with van der Waals surface area (Å²) in [6.45, 7) is 5.39. The molecule has 0 aliphatic carbocycles. The minimum atomic E-state index is -0.487. The van der Waals surface area contributed by atoms with Gasteiger partial charge in [0.05, 0.1) is 6.61 Å². The maximum absolute atomic E-state index is 13.0. The number of hydrogen-bond donors (Lipinski definition) is 1. The molecular formula is C21H27N3O4. The second-order valence-electron chi connectivity index (χ2n) is 7.19. The number of aryl methyl sites for hydroxylation is 2.